The molecule has 3 rings (SSSR count). The van der Waals surface area contributed by atoms with Crippen molar-refractivity contribution in [2.24, 2.45) is 0 Å². The van der Waals surface area contributed by atoms with E-state index in [1.54, 1.807) is 23.6 Å². The molecule has 0 aliphatic rings. The number of aryl methyl sites for hydroxylation is 1. The minimum atomic E-state index is -1.07. The molecule has 138 valence electrons. The number of carboxylic acids is 1. The zero-order valence-electron chi connectivity index (χ0n) is 14.5. The lowest BCUT2D eigenvalue weighted by Crippen LogP contribution is -2.25. The van der Waals surface area contributed by atoms with Crippen molar-refractivity contribution in [1.82, 2.24) is 9.55 Å². The van der Waals surface area contributed by atoms with E-state index in [1.807, 2.05) is 12.1 Å². The molecule has 2 aromatic heterocycles. The van der Waals surface area contributed by atoms with Crippen LogP contribution in [0, 0.1) is 18.3 Å². The van der Waals surface area contributed by atoms with Gasteiger partial charge in [0.2, 0.25) is 0 Å². The summed E-state index contributed by atoms with van der Waals surface area (Å²) in [5.74, 6) is -0.534. The van der Waals surface area contributed by atoms with Crippen LogP contribution in [-0.4, -0.2) is 20.6 Å². The molecule has 0 aliphatic heterocycles. The van der Waals surface area contributed by atoms with E-state index < -0.39 is 5.97 Å². The lowest BCUT2D eigenvalue weighted by atomic mass is 10.1. The largest absolute Gasteiger partial charge is 0.477 e. The molecule has 0 radical (unpaired) electrons. The Bertz CT molecular complexity index is 1130. The summed E-state index contributed by atoms with van der Waals surface area (Å²) in [5.41, 5.74) is 1.06. The fraction of sp³-hybridized carbons (Fsp3) is 0.263. The van der Waals surface area contributed by atoms with E-state index in [-0.39, 0.29) is 10.4 Å². The maximum absolute atomic E-state index is 13.1. The van der Waals surface area contributed by atoms with Crippen molar-refractivity contribution < 1.29 is 9.90 Å². The number of nitriles is 1. The van der Waals surface area contributed by atoms with E-state index in [1.165, 1.54) is 0 Å². The average Bonchev–Trinajstić information content (AvgIpc) is 2.94. The normalized spacial score (nSPS) is 10.9. The summed E-state index contributed by atoms with van der Waals surface area (Å²) in [6.07, 6.45) is 1.23. The Balaban J connectivity index is 2.17. The molecule has 1 N–H and O–H groups in total. The molecule has 0 bridgehead atoms. The van der Waals surface area contributed by atoms with Gasteiger partial charge in [-0.1, -0.05) is 23.7 Å². The molecule has 0 aliphatic carbocycles. The number of carbonyl (C=O) groups is 1. The number of unbranched alkanes of at least 4 members (excludes halogenated alkanes) is 1. The van der Waals surface area contributed by atoms with Crippen LogP contribution in [0.25, 0.3) is 10.2 Å². The first kappa shape index (κ1) is 19.1. The fourth-order valence-corrected chi connectivity index (χ4v) is 4.22. The van der Waals surface area contributed by atoms with Gasteiger partial charge in [0.15, 0.2) is 0 Å². The third-order valence-corrected chi connectivity index (χ3v) is 5.65. The van der Waals surface area contributed by atoms with Crippen LogP contribution in [-0.2, 0) is 13.0 Å². The van der Waals surface area contributed by atoms with Crippen molar-refractivity contribution in [3.05, 3.63) is 61.5 Å². The van der Waals surface area contributed by atoms with E-state index in [2.05, 4.69) is 11.1 Å². The van der Waals surface area contributed by atoms with E-state index in [4.69, 9.17) is 16.9 Å². The van der Waals surface area contributed by atoms with Crippen LogP contribution in [0.5, 0.6) is 0 Å². The molecule has 0 unspecified atom stereocenters. The molecule has 8 heteroatoms. The third-order valence-electron chi connectivity index (χ3n) is 4.25. The highest BCUT2D eigenvalue weighted by atomic mass is 35.5. The van der Waals surface area contributed by atoms with Gasteiger partial charge in [-0.15, -0.1) is 11.3 Å². The minimum Gasteiger partial charge on any atom is -0.477 e. The highest BCUT2D eigenvalue weighted by Gasteiger charge is 2.21. The number of hydrogen-bond donors (Lipinski definition) is 1. The Kier molecular flexibility index (Phi) is 5.59. The zero-order valence-corrected chi connectivity index (χ0v) is 16.1. The minimum absolute atomic E-state index is 0.123. The standard InChI is InChI=1S/C19H16ClN3O3S/c1-11-15-17(27-16(11)19(25)26)22-14(10-12-5-4-6-13(20)9-12)23(18(15)24)8-3-2-7-21/h4-6,9H,2-3,8,10H2,1H3,(H,25,26). The predicted octanol–water partition coefficient (Wildman–Crippen LogP) is 4.01. The molecule has 1 aromatic carbocycles. The number of fused-ring (bicyclic) bond motifs is 1. The molecule has 2 heterocycles. The summed E-state index contributed by atoms with van der Waals surface area (Å²) in [6.45, 7) is 1.98. The van der Waals surface area contributed by atoms with Crippen molar-refractivity contribution in [2.75, 3.05) is 0 Å². The number of hydrogen-bond acceptors (Lipinski definition) is 5. The maximum Gasteiger partial charge on any atom is 0.346 e. The van der Waals surface area contributed by atoms with Crippen molar-refractivity contribution in [1.29, 1.82) is 5.26 Å². The SMILES string of the molecule is Cc1c(C(=O)O)sc2nc(Cc3cccc(Cl)c3)n(CCCC#N)c(=O)c12. The smallest absolute Gasteiger partial charge is 0.346 e. The van der Waals surface area contributed by atoms with Gasteiger partial charge < -0.3 is 5.11 Å². The molecule has 27 heavy (non-hydrogen) atoms. The number of halogens is 1. The van der Waals surface area contributed by atoms with Crippen LogP contribution < -0.4 is 5.56 Å². The van der Waals surface area contributed by atoms with Crippen LogP contribution in [0.15, 0.2) is 29.1 Å². The summed E-state index contributed by atoms with van der Waals surface area (Å²) in [6, 6.07) is 9.36. The first-order chi connectivity index (χ1) is 12.9. The van der Waals surface area contributed by atoms with Gasteiger partial charge in [-0.05, 0) is 36.6 Å². The summed E-state index contributed by atoms with van der Waals surface area (Å²) in [7, 11) is 0. The molecule has 6 nitrogen and oxygen atoms in total. The number of rotatable bonds is 6. The molecular weight excluding hydrogens is 386 g/mol. The lowest BCUT2D eigenvalue weighted by molar-refractivity contribution is 0.0701. The molecule has 0 amide bonds. The second-order valence-electron chi connectivity index (χ2n) is 6.09. The van der Waals surface area contributed by atoms with Crippen LogP contribution >= 0.6 is 22.9 Å². The monoisotopic (exact) mass is 401 g/mol. The molecular formula is C19H16ClN3O3S. The summed E-state index contributed by atoms with van der Waals surface area (Å²) >= 11 is 7.06. The number of aromatic carboxylic acids is 1. The van der Waals surface area contributed by atoms with Gasteiger partial charge in [-0.3, -0.25) is 9.36 Å². The van der Waals surface area contributed by atoms with Gasteiger partial charge in [0.25, 0.3) is 5.56 Å². The van der Waals surface area contributed by atoms with Gasteiger partial charge in [-0.25, -0.2) is 9.78 Å². The molecule has 0 fully saturated rings. The van der Waals surface area contributed by atoms with Crippen LogP contribution in [0.4, 0.5) is 0 Å². The second kappa shape index (κ2) is 7.91. The Hall–Kier alpha value is -2.69. The van der Waals surface area contributed by atoms with E-state index in [9.17, 15) is 14.7 Å². The number of aromatic nitrogens is 2. The number of nitrogens with zero attached hydrogens (tertiary/aromatic N) is 3. The Morgan fingerprint density at radius 3 is 2.89 bits per heavy atom. The summed E-state index contributed by atoms with van der Waals surface area (Å²) in [4.78, 5) is 29.7. The maximum atomic E-state index is 13.1. The van der Waals surface area contributed by atoms with Crippen LogP contribution in [0.2, 0.25) is 5.02 Å². The Morgan fingerprint density at radius 2 is 2.22 bits per heavy atom. The molecule has 0 atom stereocenters. The fourth-order valence-electron chi connectivity index (χ4n) is 2.97. The molecule has 3 aromatic rings. The van der Waals surface area contributed by atoms with Gasteiger partial charge in [0, 0.05) is 24.4 Å². The number of carboxylic acid groups (broad SMARTS) is 1. The first-order valence-corrected chi connectivity index (χ1v) is 9.49. The summed E-state index contributed by atoms with van der Waals surface area (Å²) < 4.78 is 1.55. The summed E-state index contributed by atoms with van der Waals surface area (Å²) in [5, 5.41) is 19.1. The first-order valence-electron chi connectivity index (χ1n) is 8.30. The van der Waals surface area contributed by atoms with Crippen molar-refractivity contribution in [3.8, 4) is 6.07 Å². The highest BCUT2D eigenvalue weighted by molar-refractivity contribution is 7.20. The van der Waals surface area contributed by atoms with Gasteiger partial charge in [0.05, 0.1) is 11.5 Å². The van der Waals surface area contributed by atoms with Gasteiger partial charge in [-0.2, -0.15) is 5.26 Å². The van der Waals surface area contributed by atoms with E-state index >= 15 is 0 Å². The van der Waals surface area contributed by atoms with Crippen LogP contribution in [0.1, 0.15) is 39.5 Å². The highest BCUT2D eigenvalue weighted by Crippen LogP contribution is 2.28. The predicted molar refractivity (Wildman–Crippen MR) is 105 cm³/mol. The number of thiophene rings is 1. The number of benzene rings is 1. The zero-order chi connectivity index (χ0) is 19.6. The Labute approximate surface area is 164 Å². The van der Waals surface area contributed by atoms with Crippen LogP contribution in [0.3, 0.4) is 0 Å². The van der Waals surface area contributed by atoms with Gasteiger partial charge in [0.1, 0.15) is 15.5 Å². The van der Waals surface area contributed by atoms with Crippen molar-refractivity contribution >= 4 is 39.1 Å². The average molecular weight is 402 g/mol. The van der Waals surface area contributed by atoms with Crippen molar-refractivity contribution in [3.63, 3.8) is 0 Å². The van der Waals surface area contributed by atoms with Gasteiger partial charge >= 0.3 is 5.97 Å². The quantitative estimate of drug-likeness (QED) is 0.629. The topological polar surface area (TPSA) is 96.0 Å². The van der Waals surface area contributed by atoms with Crippen molar-refractivity contribution in [2.45, 2.75) is 32.7 Å². The molecule has 0 saturated heterocycles. The van der Waals surface area contributed by atoms with E-state index in [0.717, 1.165) is 16.9 Å². The lowest BCUT2D eigenvalue weighted by Gasteiger charge is -2.12. The molecule has 0 spiro atoms. The Morgan fingerprint density at radius 1 is 1.44 bits per heavy atom. The van der Waals surface area contributed by atoms with E-state index in [0.29, 0.717) is 52.4 Å². The second-order valence-corrected chi connectivity index (χ2v) is 7.53. The molecule has 0 saturated carbocycles. The third kappa shape index (κ3) is 3.87.